The van der Waals surface area contributed by atoms with Gasteiger partial charge in [-0.1, -0.05) is 38.1 Å². The van der Waals surface area contributed by atoms with E-state index in [0.717, 1.165) is 12.0 Å². The second-order valence-corrected chi connectivity index (χ2v) is 5.83. The number of nitrogens with one attached hydrogen (secondary N) is 1. The molecule has 4 nitrogen and oxygen atoms in total. The van der Waals surface area contributed by atoms with Gasteiger partial charge in [0, 0.05) is 5.69 Å². The van der Waals surface area contributed by atoms with Gasteiger partial charge >= 0.3 is 0 Å². The maximum absolute atomic E-state index is 12.3. The molecular formula is C21H22N2O2. The van der Waals surface area contributed by atoms with E-state index in [1.807, 2.05) is 48.5 Å². The number of carbonyl (C=O) groups excluding carboxylic acids is 1. The van der Waals surface area contributed by atoms with Gasteiger partial charge in [-0.15, -0.1) is 0 Å². The van der Waals surface area contributed by atoms with Gasteiger partial charge in [0.15, 0.2) is 0 Å². The molecule has 2 aromatic rings. The summed E-state index contributed by atoms with van der Waals surface area (Å²) in [6, 6.07) is 16.9. The van der Waals surface area contributed by atoms with E-state index in [-0.39, 0.29) is 5.57 Å². The summed E-state index contributed by atoms with van der Waals surface area (Å²) in [5.41, 5.74) is 2.68. The van der Waals surface area contributed by atoms with Gasteiger partial charge in [0.2, 0.25) is 0 Å². The van der Waals surface area contributed by atoms with Crippen LogP contribution >= 0.6 is 0 Å². The zero-order valence-electron chi connectivity index (χ0n) is 14.7. The number of hydrogen-bond acceptors (Lipinski definition) is 3. The molecular weight excluding hydrogens is 312 g/mol. The van der Waals surface area contributed by atoms with Crippen LogP contribution in [0.25, 0.3) is 6.08 Å². The summed E-state index contributed by atoms with van der Waals surface area (Å²) < 4.78 is 5.15. The number of benzene rings is 2. The lowest BCUT2D eigenvalue weighted by Gasteiger charge is -2.10. The van der Waals surface area contributed by atoms with Crippen LogP contribution in [0.2, 0.25) is 0 Å². The molecule has 0 bridgehead atoms. The van der Waals surface area contributed by atoms with Crippen molar-refractivity contribution in [2.45, 2.75) is 26.2 Å². The van der Waals surface area contributed by atoms with Crippen molar-refractivity contribution in [1.82, 2.24) is 0 Å². The van der Waals surface area contributed by atoms with Crippen molar-refractivity contribution in [2.24, 2.45) is 0 Å². The Morgan fingerprint density at radius 1 is 1.28 bits per heavy atom. The highest BCUT2D eigenvalue weighted by molar-refractivity contribution is 6.09. The third-order valence-electron chi connectivity index (χ3n) is 4.12. The number of ether oxygens (including phenoxy) is 1. The molecule has 128 valence electrons. The van der Waals surface area contributed by atoms with E-state index < -0.39 is 5.91 Å². The summed E-state index contributed by atoms with van der Waals surface area (Å²) in [4.78, 5) is 12.3. The fourth-order valence-electron chi connectivity index (χ4n) is 2.38. The fraction of sp³-hybridized carbons (Fsp3) is 0.238. The third kappa shape index (κ3) is 4.95. The van der Waals surface area contributed by atoms with Crippen LogP contribution in [0.15, 0.2) is 54.1 Å². The van der Waals surface area contributed by atoms with Crippen molar-refractivity contribution < 1.29 is 9.53 Å². The quantitative estimate of drug-likeness (QED) is 0.612. The number of amides is 1. The maximum Gasteiger partial charge on any atom is 0.266 e. The molecule has 0 aliphatic heterocycles. The van der Waals surface area contributed by atoms with Crippen LogP contribution in [-0.2, 0) is 4.79 Å². The van der Waals surface area contributed by atoms with Crippen molar-refractivity contribution >= 4 is 17.7 Å². The lowest BCUT2D eigenvalue weighted by molar-refractivity contribution is -0.112. The number of methoxy groups -OCH3 is 1. The van der Waals surface area contributed by atoms with E-state index in [4.69, 9.17) is 4.74 Å². The maximum atomic E-state index is 12.3. The first kappa shape index (κ1) is 18.3. The molecule has 0 aliphatic rings. The Morgan fingerprint density at radius 2 is 2.00 bits per heavy atom. The number of anilines is 1. The molecule has 0 heterocycles. The fourth-order valence-corrected chi connectivity index (χ4v) is 2.38. The SMILES string of the molecule is CC[C@@H](C)c1ccc(NC(=O)/C(C#N)=C/c2cccc(OC)c2)cc1. The summed E-state index contributed by atoms with van der Waals surface area (Å²) in [6.45, 7) is 4.31. The predicted molar refractivity (Wildman–Crippen MR) is 100 cm³/mol. The first-order chi connectivity index (χ1) is 12.1. The van der Waals surface area contributed by atoms with E-state index in [1.165, 1.54) is 5.56 Å². The Morgan fingerprint density at radius 3 is 2.60 bits per heavy atom. The molecule has 0 saturated heterocycles. The smallest absolute Gasteiger partial charge is 0.266 e. The highest BCUT2D eigenvalue weighted by Gasteiger charge is 2.10. The van der Waals surface area contributed by atoms with Crippen LogP contribution in [0.4, 0.5) is 5.69 Å². The van der Waals surface area contributed by atoms with Gasteiger partial charge in [0.1, 0.15) is 17.4 Å². The molecule has 0 aromatic heterocycles. The van der Waals surface area contributed by atoms with Crippen LogP contribution in [-0.4, -0.2) is 13.0 Å². The summed E-state index contributed by atoms with van der Waals surface area (Å²) in [5, 5.41) is 12.1. The Hall–Kier alpha value is -3.06. The standard InChI is InChI=1S/C21H22N2O2/c1-4-15(2)17-8-10-19(11-9-17)23-21(24)18(14-22)12-16-6-5-7-20(13-16)25-3/h5-13,15H,4H2,1-3H3,(H,23,24)/b18-12+/t15-/m1/s1. The van der Waals surface area contributed by atoms with Crippen molar-refractivity contribution in [1.29, 1.82) is 5.26 Å². The molecule has 2 rings (SSSR count). The van der Waals surface area contributed by atoms with E-state index in [2.05, 4.69) is 19.2 Å². The Labute approximate surface area is 148 Å². The highest BCUT2D eigenvalue weighted by Crippen LogP contribution is 2.21. The van der Waals surface area contributed by atoms with Crippen LogP contribution in [0, 0.1) is 11.3 Å². The van der Waals surface area contributed by atoms with E-state index in [1.54, 1.807) is 19.3 Å². The summed E-state index contributed by atoms with van der Waals surface area (Å²) in [5.74, 6) is 0.723. The molecule has 0 fully saturated rings. The first-order valence-corrected chi connectivity index (χ1v) is 8.24. The highest BCUT2D eigenvalue weighted by atomic mass is 16.5. The van der Waals surface area contributed by atoms with Gasteiger partial charge in [-0.2, -0.15) is 5.26 Å². The third-order valence-corrected chi connectivity index (χ3v) is 4.12. The monoisotopic (exact) mass is 334 g/mol. The molecule has 25 heavy (non-hydrogen) atoms. The van der Waals surface area contributed by atoms with Crippen LogP contribution in [0.3, 0.4) is 0 Å². The number of nitrogens with zero attached hydrogens (tertiary/aromatic N) is 1. The second kappa shape index (κ2) is 8.70. The van der Waals surface area contributed by atoms with E-state index in [9.17, 15) is 10.1 Å². The molecule has 1 atom stereocenters. The Kier molecular flexibility index (Phi) is 6.36. The topological polar surface area (TPSA) is 62.1 Å². The van der Waals surface area contributed by atoms with Crippen molar-refractivity contribution in [3.05, 3.63) is 65.2 Å². The molecule has 4 heteroatoms. The van der Waals surface area contributed by atoms with Gasteiger partial charge in [0.25, 0.3) is 5.91 Å². The predicted octanol–water partition coefficient (Wildman–Crippen LogP) is 4.75. The van der Waals surface area contributed by atoms with Gasteiger partial charge in [0.05, 0.1) is 7.11 Å². The number of nitriles is 1. The van der Waals surface area contributed by atoms with Gasteiger partial charge in [-0.3, -0.25) is 4.79 Å². The minimum Gasteiger partial charge on any atom is -0.497 e. The second-order valence-electron chi connectivity index (χ2n) is 5.83. The van der Waals surface area contributed by atoms with Crippen LogP contribution in [0.5, 0.6) is 5.75 Å². The molecule has 0 aliphatic carbocycles. The number of rotatable bonds is 6. The molecule has 1 N–H and O–H groups in total. The largest absolute Gasteiger partial charge is 0.497 e. The lowest BCUT2D eigenvalue weighted by Crippen LogP contribution is -2.13. The summed E-state index contributed by atoms with van der Waals surface area (Å²) in [6.07, 6.45) is 2.61. The Balaban J connectivity index is 2.14. The number of carbonyl (C=O) groups is 1. The molecule has 0 radical (unpaired) electrons. The molecule has 0 saturated carbocycles. The molecule has 0 unspecified atom stereocenters. The molecule has 2 aromatic carbocycles. The lowest BCUT2D eigenvalue weighted by atomic mass is 9.98. The Bertz CT molecular complexity index is 801. The van der Waals surface area contributed by atoms with Crippen LogP contribution in [0.1, 0.15) is 37.3 Å². The molecule has 1 amide bonds. The van der Waals surface area contributed by atoms with E-state index >= 15 is 0 Å². The van der Waals surface area contributed by atoms with Gasteiger partial charge in [-0.05, 0) is 53.8 Å². The average molecular weight is 334 g/mol. The van der Waals surface area contributed by atoms with Gasteiger partial charge in [-0.25, -0.2) is 0 Å². The minimum absolute atomic E-state index is 0.0410. The van der Waals surface area contributed by atoms with E-state index in [0.29, 0.717) is 17.4 Å². The first-order valence-electron chi connectivity index (χ1n) is 8.24. The zero-order valence-corrected chi connectivity index (χ0v) is 14.7. The van der Waals surface area contributed by atoms with Crippen molar-refractivity contribution in [2.75, 3.05) is 12.4 Å². The minimum atomic E-state index is -0.429. The summed E-state index contributed by atoms with van der Waals surface area (Å²) >= 11 is 0. The molecule has 0 spiro atoms. The van der Waals surface area contributed by atoms with Crippen molar-refractivity contribution in [3.8, 4) is 11.8 Å². The normalized spacial score (nSPS) is 12.2. The average Bonchev–Trinajstić information content (AvgIpc) is 2.66. The summed E-state index contributed by atoms with van der Waals surface area (Å²) in [7, 11) is 1.57. The van der Waals surface area contributed by atoms with Crippen LogP contribution < -0.4 is 10.1 Å². The number of hydrogen-bond donors (Lipinski definition) is 1. The zero-order chi connectivity index (χ0) is 18.2. The van der Waals surface area contributed by atoms with Crippen molar-refractivity contribution in [3.63, 3.8) is 0 Å². The van der Waals surface area contributed by atoms with Gasteiger partial charge < -0.3 is 10.1 Å².